The summed E-state index contributed by atoms with van der Waals surface area (Å²) in [6.07, 6.45) is 4.32. The lowest BCUT2D eigenvalue weighted by Crippen LogP contribution is -2.18. The highest BCUT2D eigenvalue weighted by Gasteiger charge is 2.66. The van der Waals surface area contributed by atoms with Gasteiger partial charge >= 0.3 is 0 Å². The third-order valence-corrected chi connectivity index (χ3v) is 5.80. The molecule has 0 saturated heterocycles. The minimum absolute atomic E-state index is 0.129. The zero-order valence-corrected chi connectivity index (χ0v) is 10.8. The molecule has 5 unspecified atom stereocenters. The van der Waals surface area contributed by atoms with E-state index in [0.717, 1.165) is 34.8 Å². The maximum Gasteiger partial charge on any atom is 0.123 e. The van der Waals surface area contributed by atoms with Gasteiger partial charge in [0.05, 0.1) is 0 Å². The van der Waals surface area contributed by atoms with Crippen LogP contribution >= 0.6 is 0 Å². The van der Waals surface area contributed by atoms with Crippen molar-refractivity contribution in [1.29, 1.82) is 0 Å². The summed E-state index contributed by atoms with van der Waals surface area (Å²) in [6.45, 7) is 1.98. The molecule has 1 nitrogen and oxygen atoms in total. The highest BCUT2D eigenvalue weighted by molar-refractivity contribution is 5.32. The first-order valence-electron chi connectivity index (χ1n) is 7.18. The van der Waals surface area contributed by atoms with Gasteiger partial charge < -0.3 is 5.73 Å². The molecule has 3 aliphatic rings. The van der Waals surface area contributed by atoms with Crippen LogP contribution in [0.5, 0.6) is 0 Å². The molecule has 0 amide bonds. The van der Waals surface area contributed by atoms with Gasteiger partial charge in [-0.1, -0.05) is 6.07 Å². The van der Waals surface area contributed by atoms with Gasteiger partial charge in [0.15, 0.2) is 0 Å². The van der Waals surface area contributed by atoms with Crippen molar-refractivity contribution in [2.75, 3.05) is 0 Å². The van der Waals surface area contributed by atoms with Crippen molar-refractivity contribution in [3.8, 4) is 0 Å². The predicted octanol–water partition coefficient (Wildman–Crippen LogP) is 3.43. The molecule has 18 heavy (non-hydrogen) atoms. The third-order valence-electron chi connectivity index (χ3n) is 5.80. The fraction of sp³-hybridized carbons (Fsp3) is 0.625. The van der Waals surface area contributed by atoms with Crippen LogP contribution in [0.4, 0.5) is 4.39 Å². The number of hydrogen-bond acceptors (Lipinski definition) is 1. The molecule has 0 spiro atoms. The monoisotopic (exact) mass is 245 g/mol. The Kier molecular flexibility index (Phi) is 2.18. The summed E-state index contributed by atoms with van der Waals surface area (Å²) in [4.78, 5) is 0. The lowest BCUT2D eigenvalue weighted by molar-refractivity contribution is 0.416. The Morgan fingerprint density at radius 1 is 1.22 bits per heavy atom. The highest BCUT2D eigenvalue weighted by atomic mass is 19.1. The lowest BCUT2D eigenvalue weighted by Gasteiger charge is -2.18. The fourth-order valence-corrected chi connectivity index (χ4v) is 5.09. The van der Waals surface area contributed by atoms with Gasteiger partial charge in [0.1, 0.15) is 5.82 Å². The normalized spacial score (nSPS) is 41.8. The van der Waals surface area contributed by atoms with E-state index in [4.69, 9.17) is 5.73 Å². The molecule has 2 heteroatoms. The van der Waals surface area contributed by atoms with E-state index in [-0.39, 0.29) is 11.9 Å². The molecular weight excluding hydrogens is 225 g/mol. The summed E-state index contributed by atoms with van der Waals surface area (Å²) in [5, 5.41) is 0. The van der Waals surface area contributed by atoms with Gasteiger partial charge in [-0.2, -0.15) is 0 Å². The number of fused-ring (bicyclic) bond motifs is 5. The van der Waals surface area contributed by atoms with Crippen LogP contribution in [0.2, 0.25) is 0 Å². The Bertz CT molecular complexity index is 482. The van der Waals surface area contributed by atoms with E-state index in [1.54, 1.807) is 12.1 Å². The average Bonchev–Trinajstić information content (AvgIpc) is 2.77. The summed E-state index contributed by atoms with van der Waals surface area (Å²) in [6, 6.07) is 5.19. The van der Waals surface area contributed by atoms with Crippen molar-refractivity contribution in [3.05, 3.63) is 35.1 Å². The highest BCUT2D eigenvalue weighted by Crippen LogP contribution is 2.71. The van der Waals surface area contributed by atoms with Gasteiger partial charge in [-0.25, -0.2) is 4.39 Å². The first-order valence-corrected chi connectivity index (χ1v) is 7.18. The first-order chi connectivity index (χ1) is 8.66. The van der Waals surface area contributed by atoms with Crippen LogP contribution in [-0.2, 0) is 0 Å². The lowest BCUT2D eigenvalue weighted by atomic mass is 9.91. The Labute approximate surface area is 108 Å². The van der Waals surface area contributed by atoms with Crippen molar-refractivity contribution in [1.82, 2.24) is 0 Å². The maximum absolute atomic E-state index is 13.2. The Hall–Kier alpha value is -0.890. The minimum Gasteiger partial charge on any atom is -0.324 e. The molecule has 1 aromatic carbocycles. The van der Waals surface area contributed by atoms with Crippen LogP contribution in [0.25, 0.3) is 0 Å². The van der Waals surface area contributed by atoms with Gasteiger partial charge in [0, 0.05) is 6.04 Å². The van der Waals surface area contributed by atoms with Crippen LogP contribution < -0.4 is 5.73 Å². The number of halogens is 1. The van der Waals surface area contributed by atoms with Crippen LogP contribution in [0.3, 0.4) is 0 Å². The van der Waals surface area contributed by atoms with Gasteiger partial charge in [0.2, 0.25) is 0 Å². The fourth-order valence-electron chi connectivity index (χ4n) is 5.09. The molecule has 0 aliphatic heterocycles. The maximum atomic E-state index is 13.2. The predicted molar refractivity (Wildman–Crippen MR) is 69.4 cm³/mol. The minimum atomic E-state index is -0.153. The smallest absolute Gasteiger partial charge is 0.123 e. The molecule has 96 valence electrons. The van der Waals surface area contributed by atoms with Crippen LogP contribution in [0.1, 0.15) is 36.4 Å². The van der Waals surface area contributed by atoms with Gasteiger partial charge in [-0.3, -0.25) is 0 Å². The second kappa shape index (κ2) is 3.57. The molecule has 3 fully saturated rings. The molecule has 3 aliphatic carbocycles. The van der Waals surface area contributed by atoms with Crippen molar-refractivity contribution >= 4 is 0 Å². The molecule has 0 aromatic heterocycles. The second-order valence-electron chi connectivity index (χ2n) is 6.59. The van der Waals surface area contributed by atoms with E-state index in [9.17, 15) is 4.39 Å². The Morgan fingerprint density at radius 2 is 1.89 bits per heavy atom. The second-order valence-corrected chi connectivity index (χ2v) is 6.59. The van der Waals surface area contributed by atoms with Crippen molar-refractivity contribution < 1.29 is 4.39 Å². The SMILES string of the molecule is Cc1cc(F)ccc1C(N)C1C2C3CCC(C3)C21. The Balaban J connectivity index is 1.60. The molecule has 3 saturated carbocycles. The van der Waals surface area contributed by atoms with E-state index in [1.807, 2.05) is 13.0 Å². The summed E-state index contributed by atoms with van der Waals surface area (Å²) < 4.78 is 13.2. The molecule has 1 aromatic rings. The van der Waals surface area contributed by atoms with Gasteiger partial charge in [-0.05, 0) is 79.0 Å². The number of nitrogens with two attached hydrogens (primary N) is 1. The number of aryl methyl sites for hydroxylation is 1. The number of hydrogen-bond donors (Lipinski definition) is 1. The largest absolute Gasteiger partial charge is 0.324 e. The third kappa shape index (κ3) is 1.36. The summed E-state index contributed by atoms with van der Waals surface area (Å²) in [5.41, 5.74) is 8.65. The van der Waals surface area contributed by atoms with E-state index in [1.165, 1.54) is 19.3 Å². The van der Waals surface area contributed by atoms with Crippen LogP contribution in [0, 0.1) is 42.3 Å². The summed E-state index contributed by atoms with van der Waals surface area (Å²) in [7, 11) is 0. The van der Waals surface area contributed by atoms with Crippen molar-refractivity contribution in [3.63, 3.8) is 0 Å². The summed E-state index contributed by atoms with van der Waals surface area (Å²) >= 11 is 0. The average molecular weight is 245 g/mol. The number of benzene rings is 1. The summed E-state index contributed by atoms with van der Waals surface area (Å²) in [5.74, 6) is 4.22. The molecule has 0 heterocycles. The zero-order valence-electron chi connectivity index (χ0n) is 10.8. The van der Waals surface area contributed by atoms with Gasteiger partial charge in [-0.15, -0.1) is 0 Å². The van der Waals surface area contributed by atoms with Crippen molar-refractivity contribution in [2.45, 2.75) is 32.2 Å². The topological polar surface area (TPSA) is 26.0 Å². The first kappa shape index (κ1) is 11.0. The molecule has 4 rings (SSSR count). The van der Waals surface area contributed by atoms with Gasteiger partial charge in [0.25, 0.3) is 0 Å². The number of rotatable bonds is 2. The Morgan fingerprint density at radius 3 is 2.50 bits per heavy atom. The molecule has 2 bridgehead atoms. The van der Waals surface area contributed by atoms with Crippen molar-refractivity contribution in [2.24, 2.45) is 35.3 Å². The molecular formula is C16H20FN. The van der Waals surface area contributed by atoms with Crippen LogP contribution in [0.15, 0.2) is 18.2 Å². The quantitative estimate of drug-likeness (QED) is 0.848. The van der Waals surface area contributed by atoms with E-state index < -0.39 is 0 Å². The van der Waals surface area contributed by atoms with E-state index >= 15 is 0 Å². The molecule has 0 radical (unpaired) electrons. The van der Waals surface area contributed by atoms with Crippen LogP contribution in [-0.4, -0.2) is 0 Å². The molecule has 5 atom stereocenters. The van der Waals surface area contributed by atoms with E-state index in [2.05, 4.69) is 0 Å². The standard InChI is InChI=1S/C16H20FN/c1-8-6-11(17)4-5-12(8)16(18)15-13-9-2-3-10(7-9)14(13)15/h4-6,9-10,13-16H,2-3,7,18H2,1H3. The molecule has 2 N–H and O–H groups in total. The van der Waals surface area contributed by atoms with E-state index in [0.29, 0.717) is 5.92 Å². The zero-order chi connectivity index (χ0) is 12.4.